The fourth-order valence-corrected chi connectivity index (χ4v) is 3.27. The number of anilines is 1. The Balaban J connectivity index is 1.61. The molecular formula is C16H26N4O. The minimum atomic E-state index is 0.384. The molecule has 116 valence electrons. The fraction of sp³-hybridized carbons (Fsp3) is 0.750. The molecule has 1 aliphatic heterocycles. The molecule has 5 nitrogen and oxygen atoms in total. The predicted octanol–water partition coefficient (Wildman–Crippen LogP) is 1.98. The van der Waals surface area contributed by atoms with Gasteiger partial charge in [-0.25, -0.2) is 9.97 Å². The molecule has 1 aliphatic carbocycles. The summed E-state index contributed by atoms with van der Waals surface area (Å²) in [7, 11) is 0. The Morgan fingerprint density at radius 3 is 2.90 bits per heavy atom. The van der Waals surface area contributed by atoms with Crippen LogP contribution in [0.2, 0.25) is 0 Å². The molecule has 1 aromatic rings. The van der Waals surface area contributed by atoms with Crippen LogP contribution in [0.5, 0.6) is 0 Å². The van der Waals surface area contributed by atoms with Gasteiger partial charge in [-0.15, -0.1) is 0 Å². The van der Waals surface area contributed by atoms with Crippen LogP contribution in [0.4, 0.5) is 5.95 Å². The van der Waals surface area contributed by atoms with Gasteiger partial charge in [0, 0.05) is 31.0 Å². The van der Waals surface area contributed by atoms with Gasteiger partial charge in [0.1, 0.15) is 0 Å². The number of aromatic nitrogens is 2. The minimum Gasteiger partial charge on any atom is -0.374 e. The van der Waals surface area contributed by atoms with Gasteiger partial charge in [-0.3, -0.25) is 0 Å². The Kier molecular flexibility index (Phi) is 4.70. The van der Waals surface area contributed by atoms with Crippen molar-refractivity contribution in [1.29, 1.82) is 0 Å². The summed E-state index contributed by atoms with van der Waals surface area (Å²) in [6.45, 7) is 7.99. The van der Waals surface area contributed by atoms with Gasteiger partial charge in [-0.05, 0) is 31.7 Å². The molecule has 2 unspecified atom stereocenters. The van der Waals surface area contributed by atoms with Crippen molar-refractivity contribution in [3.8, 4) is 0 Å². The summed E-state index contributed by atoms with van der Waals surface area (Å²) in [5.74, 6) is 1.53. The third-order valence-electron chi connectivity index (χ3n) is 4.31. The Hall–Kier alpha value is -1.20. The van der Waals surface area contributed by atoms with Gasteiger partial charge in [0.25, 0.3) is 0 Å². The van der Waals surface area contributed by atoms with Gasteiger partial charge < -0.3 is 15.0 Å². The summed E-state index contributed by atoms with van der Waals surface area (Å²) in [5, 5.41) is 3.42. The molecule has 21 heavy (non-hydrogen) atoms. The highest BCUT2D eigenvalue weighted by molar-refractivity contribution is 5.34. The molecule has 1 aromatic heterocycles. The molecule has 1 saturated heterocycles. The summed E-state index contributed by atoms with van der Waals surface area (Å²) in [6.07, 6.45) is 7.92. The third kappa shape index (κ3) is 3.52. The van der Waals surface area contributed by atoms with Crippen LogP contribution in [0.1, 0.15) is 38.7 Å². The van der Waals surface area contributed by atoms with Crippen LogP contribution in [0.25, 0.3) is 0 Å². The zero-order valence-electron chi connectivity index (χ0n) is 13.1. The summed E-state index contributed by atoms with van der Waals surface area (Å²) < 4.78 is 5.85. The molecule has 1 saturated carbocycles. The maximum absolute atomic E-state index is 5.85. The first-order chi connectivity index (χ1) is 10.2. The minimum absolute atomic E-state index is 0.384. The normalized spacial score (nSPS) is 25.4. The second-order valence-electron chi connectivity index (χ2n) is 6.52. The van der Waals surface area contributed by atoms with Crippen molar-refractivity contribution in [3.05, 3.63) is 18.0 Å². The van der Waals surface area contributed by atoms with Crippen molar-refractivity contribution in [1.82, 2.24) is 15.3 Å². The quantitative estimate of drug-likeness (QED) is 0.898. The number of ether oxygens (including phenoxy) is 1. The first kappa shape index (κ1) is 14.7. The Morgan fingerprint density at radius 1 is 1.33 bits per heavy atom. The van der Waals surface area contributed by atoms with E-state index in [0.29, 0.717) is 18.1 Å². The highest BCUT2D eigenvalue weighted by Gasteiger charge is 2.37. The van der Waals surface area contributed by atoms with Gasteiger partial charge in [-0.1, -0.05) is 13.8 Å². The van der Waals surface area contributed by atoms with Crippen LogP contribution >= 0.6 is 0 Å². The lowest BCUT2D eigenvalue weighted by molar-refractivity contribution is 0.0250. The first-order valence-corrected chi connectivity index (χ1v) is 8.14. The van der Waals surface area contributed by atoms with E-state index < -0.39 is 0 Å². The zero-order chi connectivity index (χ0) is 14.7. The lowest BCUT2D eigenvalue weighted by atomic mass is 10.1. The molecule has 0 spiro atoms. The van der Waals surface area contributed by atoms with Gasteiger partial charge in [0.15, 0.2) is 0 Å². The molecule has 3 rings (SSSR count). The van der Waals surface area contributed by atoms with Gasteiger partial charge >= 0.3 is 0 Å². The van der Waals surface area contributed by atoms with Crippen molar-refractivity contribution < 1.29 is 4.74 Å². The van der Waals surface area contributed by atoms with Gasteiger partial charge in [0.2, 0.25) is 5.95 Å². The van der Waals surface area contributed by atoms with Crippen molar-refractivity contribution in [2.75, 3.05) is 24.6 Å². The smallest absolute Gasteiger partial charge is 0.225 e. The average molecular weight is 290 g/mol. The topological polar surface area (TPSA) is 50.3 Å². The zero-order valence-corrected chi connectivity index (χ0v) is 13.1. The molecule has 2 fully saturated rings. The number of fused-ring (bicyclic) bond motifs is 1. The van der Waals surface area contributed by atoms with Crippen molar-refractivity contribution >= 4 is 5.95 Å². The molecule has 0 aromatic carbocycles. The number of rotatable bonds is 5. The van der Waals surface area contributed by atoms with E-state index in [0.717, 1.165) is 37.8 Å². The lowest BCUT2D eigenvalue weighted by Gasteiger charge is -2.37. The van der Waals surface area contributed by atoms with Crippen molar-refractivity contribution in [2.24, 2.45) is 5.92 Å². The van der Waals surface area contributed by atoms with Gasteiger partial charge in [0.05, 0.1) is 18.8 Å². The summed E-state index contributed by atoms with van der Waals surface area (Å²) in [6, 6.07) is 0.476. The van der Waals surface area contributed by atoms with E-state index in [2.05, 4.69) is 34.0 Å². The maximum Gasteiger partial charge on any atom is 0.225 e. The van der Waals surface area contributed by atoms with Crippen LogP contribution in [0.15, 0.2) is 12.4 Å². The van der Waals surface area contributed by atoms with Crippen LogP contribution in [0, 0.1) is 5.92 Å². The van der Waals surface area contributed by atoms with E-state index in [-0.39, 0.29) is 0 Å². The lowest BCUT2D eigenvalue weighted by Crippen LogP contribution is -2.49. The molecule has 1 N–H and O–H groups in total. The number of morpholine rings is 1. The summed E-state index contributed by atoms with van der Waals surface area (Å²) >= 11 is 0. The number of hydrogen-bond donors (Lipinski definition) is 1. The van der Waals surface area contributed by atoms with E-state index in [4.69, 9.17) is 4.74 Å². The van der Waals surface area contributed by atoms with E-state index >= 15 is 0 Å². The Labute approximate surface area is 127 Å². The van der Waals surface area contributed by atoms with E-state index in [9.17, 15) is 0 Å². The second-order valence-corrected chi connectivity index (χ2v) is 6.52. The molecule has 2 heterocycles. The number of nitrogens with zero attached hydrogens (tertiary/aromatic N) is 3. The van der Waals surface area contributed by atoms with Gasteiger partial charge in [-0.2, -0.15) is 0 Å². The van der Waals surface area contributed by atoms with Crippen molar-refractivity contribution in [3.63, 3.8) is 0 Å². The average Bonchev–Trinajstić information content (AvgIpc) is 2.96. The Morgan fingerprint density at radius 2 is 2.14 bits per heavy atom. The Bertz CT molecular complexity index is 448. The molecule has 2 aliphatic rings. The maximum atomic E-state index is 5.85. The predicted molar refractivity (Wildman–Crippen MR) is 83.3 cm³/mol. The summed E-state index contributed by atoms with van der Waals surface area (Å²) in [4.78, 5) is 11.5. The molecule has 2 atom stereocenters. The second kappa shape index (κ2) is 6.71. The van der Waals surface area contributed by atoms with E-state index in [1.54, 1.807) is 0 Å². The summed E-state index contributed by atoms with van der Waals surface area (Å²) in [5.41, 5.74) is 1.15. The monoisotopic (exact) mass is 290 g/mol. The number of nitrogens with one attached hydrogen (secondary N) is 1. The first-order valence-electron chi connectivity index (χ1n) is 8.14. The van der Waals surface area contributed by atoms with Crippen LogP contribution in [0.3, 0.4) is 0 Å². The number of hydrogen-bond acceptors (Lipinski definition) is 5. The van der Waals surface area contributed by atoms with Crippen LogP contribution in [-0.4, -0.2) is 41.8 Å². The van der Waals surface area contributed by atoms with Crippen LogP contribution in [-0.2, 0) is 11.3 Å². The fourth-order valence-electron chi connectivity index (χ4n) is 3.27. The molecule has 0 bridgehead atoms. The SMILES string of the molecule is CC(C)CNCc1cnc(N2CCOC3CCCC32)nc1. The highest BCUT2D eigenvalue weighted by atomic mass is 16.5. The molecular weight excluding hydrogens is 264 g/mol. The van der Waals surface area contributed by atoms with E-state index in [1.807, 2.05) is 12.4 Å². The molecule has 0 amide bonds. The highest BCUT2D eigenvalue weighted by Crippen LogP contribution is 2.31. The van der Waals surface area contributed by atoms with E-state index in [1.165, 1.54) is 19.3 Å². The molecule has 0 radical (unpaired) electrons. The molecule has 5 heteroatoms. The van der Waals surface area contributed by atoms with Crippen molar-refractivity contribution in [2.45, 2.75) is 51.8 Å². The third-order valence-corrected chi connectivity index (χ3v) is 4.31. The standard InChI is InChI=1S/C16H26N4O/c1-12(2)8-17-9-13-10-18-16(19-11-13)20-6-7-21-15-5-3-4-14(15)20/h10-12,14-15,17H,3-9H2,1-2H3. The van der Waals surface area contributed by atoms with Crippen LogP contribution < -0.4 is 10.2 Å². The largest absolute Gasteiger partial charge is 0.374 e.